The van der Waals surface area contributed by atoms with Gasteiger partial charge >= 0.3 is 0 Å². The van der Waals surface area contributed by atoms with Crippen LogP contribution in [-0.2, 0) is 27.9 Å². The molecule has 10 heteroatoms. The molecule has 0 atom stereocenters. The Hall–Kier alpha value is -2.18. The number of nitrogens with zero attached hydrogens (tertiary/aromatic N) is 2. The van der Waals surface area contributed by atoms with Crippen molar-refractivity contribution in [3.8, 4) is 0 Å². The van der Waals surface area contributed by atoms with Gasteiger partial charge in [0.25, 0.3) is 0 Å². The number of guanidine groups is 1. The van der Waals surface area contributed by atoms with E-state index < -0.39 is 10.0 Å². The van der Waals surface area contributed by atoms with Gasteiger partial charge < -0.3 is 15.5 Å². The van der Waals surface area contributed by atoms with E-state index in [2.05, 4.69) is 15.6 Å². The lowest BCUT2D eigenvalue weighted by Crippen LogP contribution is -2.42. The van der Waals surface area contributed by atoms with Gasteiger partial charge in [-0.05, 0) is 35.7 Å². The lowest BCUT2D eigenvalue weighted by molar-refractivity contribution is -0.127. The maximum absolute atomic E-state index is 11.9. The second kappa shape index (κ2) is 11.9. The Labute approximate surface area is 195 Å². The predicted octanol–water partition coefficient (Wildman–Crippen LogP) is 1.58. The Kier molecular flexibility index (Phi) is 10.2. The molecule has 2 rings (SSSR count). The molecule has 164 valence electrons. The molecular formula is C20H28IN5O3S. The number of carbonyl (C=O) groups is 1. The van der Waals surface area contributed by atoms with E-state index in [1.165, 1.54) is 17.0 Å². The zero-order chi connectivity index (χ0) is 21.4. The van der Waals surface area contributed by atoms with Gasteiger partial charge in [-0.15, -0.1) is 24.0 Å². The van der Waals surface area contributed by atoms with Crippen molar-refractivity contribution >= 4 is 45.9 Å². The summed E-state index contributed by atoms with van der Waals surface area (Å²) in [5.41, 5.74) is 3.09. The zero-order valence-corrected chi connectivity index (χ0v) is 20.4. The van der Waals surface area contributed by atoms with Crippen LogP contribution >= 0.6 is 24.0 Å². The minimum absolute atomic E-state index is 0. The molecule has 2 aromatic carbocycles. The second-order valence-corrected chi connectivity index (χ2v) is 8.34. The third-order valence-corrected chi connectivity index (χ3v) is 5.21. The molecule has 2 aromatic rings. The summed E-state index contributed by atoms with van der Waals surface area (Å²) in [6, 6.07) is 14.2. The largest absolute Gasteiger partial charge is 0.352 e. The number of sulfonamides is 1. The summed E-state index contributed by atoms with van der Waals surface area (Å²) in [6.45, 7) is 3.00. The summed E-state index contributed by atoms with van der Waals surface area (Å²) in [7, 11) is -0.345. The molecule has 1 amide bonds. The van der Waals surface area contributed by atoms with E-state index in [1.54, 1.807) is 26.2 Å². The molecule has 30 heavy (non-hydrogen) atoms. The highest BCUT2D eigenvalue weighted by atomic mass is 127. The first kappa shape index (κ1) is 25.9. The Balaban J connectivity index is 0.00000450. The summed E-state index contributed by atoms with van der Waals surface area (Å²) in [4.78, 5) is 17.9. The van der Waals surface area contributed by atoms with Gasteiger partial charge in [0, 0.05) is 20.6 Å². The number of likely N-dealkylation sites (N-methyl/N-ethyl adjacent to an activating group) is 1. The summed E-state index contributed by atoms with van der Waals surface area (Å²) in [5.74, 6) is 0.409. The third kappa shape index (κ3) is 8.28. The number of amides is 1. The standard InChI is InChI=1S/C20H27N5O3S.HI/c1-15-6-4-5-7-17(15)13-23-20(24-14-19(26)25(2)3)22-12-16-8-10-18(11-9-16)29(21,27)28;/h4-11H,12-14H2,1-3H3,(H2,21,27,28)(H2,22,23,24);1H. The van der Waals surface area contributed by atoms with E-state index >= 15 is 0 Å². The van der Waals surface area contributed by atoms with Crippen LogP contribution in [-0.4, -0.2) is 45.8 Å². The molecule has 0 heterocycles. The number of aliphatic imine (C=N–C) groups is 1. The summed E-state index contributed by atoms with van der Waals surface area (Å²) >= 11 is 0. The SMILES string of the molecule is Cc1ccccc1CNC(=NCc1ccc(S(N)(=O)=O)cc1)NCC(=O)N(C)C.I. The lowest BCUT2D eigenvalue weighted by Gasteiger charge is -2.15. The first-order valence-electron chi connectivity index (χ1n) is 9.05. The van der Waals surface area contributed by atoms with Crippen LogP contribution in [0.1, 0.15) is 16.7 Å². The highest BCUT2D eigenvalue weighted by molar-refractivity contribution is 14.0. The number of rotatable bonds is 7. The normalized spacial score (nSPS) is 11.4. The monoisotopic (exact) mass is 545 g/mol. The smallest absolute Gasteiger partial charge is 0.241 e. The van der Waals surface area contributed by atoms with Crippen LogP contribution < -0.4 is 15.8 Å². The van der Waals surface area contributed by atoms with Gasteiger partial charge in [0.05, 0.1) is 18.0 Å². The topological polar surface area (TPSA) is 117 Å². The first-order valence-corrected chi connectivity index (χ1v) is 10.6. The minimum atomic E-state index is -3.72. The van der Waals surface area contributed by atoms with E-state index in [0.29, 0.717) is 19.0 Å². The maximum atomic E-state index is 11.9. The van der Waals surface area contributed by atoms with E-state index in [1.807, 2.05) is 31.2 Å². The van der Waals surface area contributed by atoms with Crippen LogP contribution in [0.15, 0.2) is 58.4 Å². The molecule has 0 unspecified atom stereocenters. The number of halogens is 1. The van der Waals surface area contributed by atoms with Crippen molar-refractivity contribution < 1.29 is 13.2 Å². The fourth-order valence-electron chi connectivity index (χ4n) is 2.43. The number of nitrogens with two attached hydrogens (primary N) is 1. The van der Waals surface area contributed by atoms with Gasteiger partial charge in [-0.25, -0.2) is 18.5 Å². The molecular weight excluding hydrogens is 517 g/mol. The van der Waals surface area contributed by atoms with E-state index in [9.17, 15) is 13.2 Å². The molecule has 0 fully saturated rings. The van der Waals surface area contributed by atoms with Crippen molar-refractivity contribution in [2.24, 2.45) is 10.1 Å². The number of primary sulfonamides is 1. The number of benzene rings is 2. The van der Waals surface area contributed by atoms with Crippen LogP contribution in [0.5, 0.6) is 0 Å². The highest BCUT2D eigenvalue weighted by Gasteiger charge is 2.08. The molecule has 0 aliphatic carbocycles. The molecule has 0 radical (unpaired) electrons. The van der Waals surface area contributed by atoms with Crippen molar-refractivity contribution in [3.05, 3.63) is 65.2 Å². The zero-order valence-electron chi connectivity index (χ0n) is 17.3. The Bertz CT molecular complexity index is 976. The van der Waals surface area contributed by atoms with Crippen LogP contribution in [0.2, 0.25) is 0 Å². The Morgan fingerprint density at radius 3 is 2.27 bits per heavy atom. The van der Waals surface area contributed by atoms with Crippen LogP contribution in [0.25, 0.3) is 0 Å². The predicted molar refractivity (Wildman–Crippen MR) is 129 cm³/mol. The number of hydrogen-bond donors (Lipinski definition) is 3. The third-order valence-electron chi connectivity index (χ3n) is 4.29. The van der Waals surface area contributed by atoms with Crippen molar-refractivity contribution in [2.75, 3.05) is 20.6 Å². The average molecular weight is 545 g/mol. The number of hydrogen-bond acceptors (Lipinski definition) is 4. The van der Waals surface area contributed by atoms with Crippen LogP contribution in [0, 0.1) is 6.92 Å². The van der Waals surface area contributed by atoms with E-state index in [0.717, 1.165) is 16.7 Å². The van der Waals surface area contributed by atoms with Crippen molar-refractivity contribution in [1.82, 2.24) is 15.5 Å². The highest BCUT2D eigenvalue weighted by Crippen LogP contribution is 2.10. The van der Waals surface area contributed by atoms with Crippen molar-refractivity contribution in [1.29, 1.82) is 0 Å². The molecule has 0 aliphatic heterocycles. The molecule has 8 nitrogen and oxygen atoms in total. The van der Waals surface area contributed by atoms with Gasteiger partial charge in [-0.3, -0.25) is 4.79 Å². The average Bonchev–Trinajstić information content (AvgIpc) is 2.67. The molecule has 0 saturated carbocycles. The van der Waals surface area contributed by atoms with E-state index in [-0.39, 0.29) is 41.3 Å². The van der Waals surface area contributed by atoms with Crippen molar-refractivity contribution in [2.45, 2.75) is 24.9 Å². The number of carbonyl (C=O) groups excluding carboxylic acids is 1. The Morgan fingerprint density at radius 1 is 1.07 bits per heavy atom. The van der Waals surface area contributed by atoms with Crippen LogP contribution in [0.3, 0.4) is 0 Å². The first-order chi connectivity index (χ1) is 13.7. The number of nitrogens with one attached hydrogen (secondary N) is 2. The summed E-state index contributed by atoms with van der Waals surface area (Å²) in [5, 5.41) is 11.4. The molecule has 0 aromatic heterocycles. The maximum Gasteiger partial charge on any atom is 0.241 e. The minimum Gasteiger partial charge on any atom is -0.352 e. The molecule has 4 N–H and O–H groups in total. The van der Waals surface area contributed by atoms with Gasteiger partial charge in [0.2, 0.25) is 15.9 Å². The van der Waals surface area contributed by atoms with Crippen LogP contribution in [0.4, 0.5) is 0 Å². The van der Waals surface area contributed by atoms with Gasteiger partial charge in [-0.2, -0.15) is 0 Å². The Morgan fingerprint density at radius 2 is 1.70 bits per heavy atom. The van der Waals surface area contributed by atoms with Gasteiger partial charge in [0.1, 0.15) is 0 Å². The molecule has 0 aliphatic rings. The fourth-order valence-corrected chi connectivity index (χ4v) is 2.95. The van der Waals surface area contributed by atoms with Gasteiger partial charge in [0.15, 0.2) is 5.96 Å². The molecule has 0 bridgehead atoms. The van der Waals surface area contributed by atoms with Crippen molar-refractivity contribution in [3.63, 3.8) is 0 Å². The summed E-state index contributed by atoms with van der Waals surface area (Å²) in [6.07, 6.45) is 0. The van der Waals surface area contributed by atoms with Gasteiger partial charge in [-0.1, -0.05) is 36.4 Å². The molecule has 0 spiro atoms. The quantitative estimate of drug-likeness (QED) is 0.278. The summed E-state index contributed by atoms with van der Waals surface area (Å²) < 4.78 is 22.7. The lowest BCUT2D eigenvalue weighted by atomic mass is 10.1. The molecule has 0 saturated heterocycles. The fraction of sp³-hybridized carbons (Fsp3) is 0.300. The number of aryl methyl sites for hydroxylation is 1. The van der Waals surface area contributed by atoms with E-state index in [4.69, 9.17) is 5.14 Å². The second-order valence-electron chi connectivity index (χ2n) is 6.78.